The summed E-state index contributed by atoms with van der Waals surface area (Å²) in [4.78, 5) is 19.6. The van der Waals surface area contributed by atoms with Crippen LogP contribution in [0.15, 0.2) is 12.7 Å². The van der Waals surface area contributed by atoms with Gasteiger partial charge in [0.15, 0.2) is 0 Å². The highest BCUT2D eigenvalue weighted by Gasteiger charge is 2.25. The molecule has 0 rings (SSSR count). The molecule has 2 unspecified atom stereocenters. The quantitative estimate of drug-likeness (QED) is 0.316. The van der Waals surface area contributed by atoms with Crippen molar-refractivity contribution in [2.45, 2.75) is 20.1 Å². The molecule has 0 saturated carbocycles. The van der Waals surface area contributed by atoms with E-state index in [-0.39, 0.29) is 6.61 Å². The fourth-order valence-corrected chi connectivity index (χ4v) is 1.42. The molecule has 1 N–H and O–H groups in total. The molecule has 7 heteroatoms. The minimum Gasteiger partial charge on any atom is -0.432 e. The number of phosphoric acid groups is 1. The van der Waals surface area contributed by atoms with Gasteiger partial charge in [0.2, 0.25) is 6.29 Å². The fraction of sp³-hybridized carbons (Fsp3) is 0.571. The monoisotopic (exact) mass is 224 g/mol. The molecule has 0 aromatic heterocycles. The predicted molar refractivity (Wildman–Crippen MR) is 48.3 cm³/mol. The van der Waals surface area contributed by atoms with Gasteiger partial charge in [0.25, 0.3) is 0 Å². The summed E-state index contributed by atoms with van der Waals surface area (Å²) in [7, 11) is -4.13. The average Bonchev–Trinajstić information content (AvgIpc) is 2.02. The van der Waals surface area contributed by atoms with Crippen molar-refractivity contribution in [2.24, 2.45) is 0 Å². The Morgan fingerprint density at radius 2 is 2.29 bits per heavy atom. The van der Waals surface area contributed by atoms with E-state index in [1.165, 1.54) is 13.8 Å². The van der Waals surface area contributed by atoms with E-state index in [0.717, 1.165) is 6.08 Å². The SMILES string of the molecule is C=CC(=O)OC(C)OP(=O)(O)OCC. The molecule has 0 radical (unpaired) electrons. The van der Waals surface area contributed by atoms with Crippen molar-refractivity contribution >= 4 is 13.8 Å². The van der Waals surface area contributed by atoms with Crippen LogP contribution >= 0.6 is 7.82 Å². The van der Waals surface area contributed by atoms with Crippen LogP contribution in [0.1, 0.15) is 13.8 Å². The molecule has 2 atom stereocenters. The van der Waals surface area contributed by atoms with E-state index in [0.29, 0.717) is 0 Å². The summed E-state index contributed by atoms with van der Waals surface area (Å²) in [5.74, 6) is -0.742. The van der Waals surface area contributed by atoms with Gasteiger partial charge in [0.05, 0.1) is 6.61 Å². The minimum absolute atomic E-state index is 0.0237. The van der Waals surface area contributed by atoms with Crippen molar-refractivity contribution in [1.82, 2.24) is 0 Å². The Morgan fingerprint density at radius 1 is 1.71 bits per heavy atom. The standard InChI is InChI=1S/C7H13O6P/c1-4-7(8)12-6(3)13-14(9,10)11-5-2/h4,6H,1,5H2,2-3H3,(H,9,10). The van der Waals surface area contributed by atoms with Crippen molar-refractivity contribution in [3.63, 3.8) is 0 Å². The molecule has 0 amide bonds. The van der Waals surface area contributed by atoms with Crippen LogP contribution in [0, 0.1) is 0 Å². The van der Waals surface area contributed by atoms with Gasteiger partial charge < -0.3 is 9.63 Å². The Labute approximate surface area is 82.1 Å². The van der Waals surface area contributed by atoms with E-state index in [2.05, 4.69) is 20.4 Å². The lowest BCUT2D eigenvalue weighted by Gasteiger charge is -2.16. The zero-order valence-corrected chi connectivity index (χ0v) is 8.90. The minimum atomic E-state index is -4.13. The van der Waals surface area contributed by atoms with Crippen molar-refractivity contribution in [2.75, 3.05) is 6.61 Å². The van der Waals surface area contributed by atoms with Crippen LogP contribution in [0.3, 0.4) is 0 Å². The third kappa shape index (κ3) is 5.88. The van der Waals surface area contributed by atoms with E-state index in [1.54, 1.807) is 0 Å². The normalized spacial score (nSPS) is 16.8. The van der Waals surface area contributed by atoms with Crippen LogP contribution in [0.4, 0.5) is 0 Å². The average molecular weight is 224 g/mol. The van der Waals surface area contributed by atoms with Gasteiger partial charge in [0, 0.05) is 6.08 Å². The van der Waals surface area contributed by atoms with Crippen LogP contribution in [0.5, 0.6) is 0 Å². The van der Waals surface area contributed by atoms with Gasteiger partial charge in [-0.1, -0.05) is 6.58 Å². The Hall–Kier alpha value is -0.680. The fourth-order valence-electron chi connectivity index (χ4n) is 0.614. The number of carbonyl (C=O) groups excluding carboxylic acids is 1. The van der Waals surface area contributed by atoms with E-state index >= 15 is 0 Å². The van der Waals surface area contributed by atoms with Crippen LogP contribution in [-0.2, 0) is 23.1 Å². The molecule has 0 aromatic rings. The zero-order valence-electron chi connectivity index (χ0n) is 8.00. The molecule has 0 bridgehead atoms. The van der Waals surface area contributed by atoms with Crippen LogP contribution in [0.25, 0.3) is 0 Å². The van der Waals surface area contributed by atoms with Crippen LogP contribution < -0.4 is 0 Å². The molecule has 6 nitrogen and oxygen atoms in total. The molecule has 0 saturated heterocycles. The van der Waals surface area contributed by atoms with Gasteiger partial charge >= 0.3 is 13.8 Å². The number of hydrogen-bond acceptors (Lipinski definition) is 5. The lowest BCUT2D eigenvalue weighted by molar-refractivity contribution is -0.156. The Bertz CT molecular complexity index is 251. The summed E-state index contributed by atoms with van der Waals surface area (Å²) in [6.07, 6.45) is -0.245. The largest absolute Gasteiger partial charge is 0.475 e. The summed E-state index contributed by atoms with van der Waals surface area (Å²) >= 11 is 0. The van der Waals surface area contributed by atoms with E-state index < -0.39 is 20.1 Å². The first kappa shape index (κ1) is 13.3. The lowest BCUT2D eigenvalue weighted by Crippen LogP contribution is -2.15. The molecule has 14 heavy (non-hydrogen) atoms. The molecular formula is C7H13O6P. The van der Waals surface area contributed by atoms with E-state index in [9.17, 15) is 9.36 Å². The predicted octanol–water partition coefficient (Wildman–Crippen LogP) is 1.22. The third-order valence-electron chi connectivity index (χ3n) is 1.02. The highest BCUT2D eigenvalue weighted by atomic mass is 31.2. The summed E-state index contributed by atoms with van der Waals surface area (Å²) in [5.41, 5.74) is 0. The number of ether oxygens (including phenoxy) is 1. The van der Waals surface area contributed by atoms with E-state index in [1.807, 2.05) is 0 Å². The first-order valence-electron chi connectivity index (χ1n) is 3.90. The van der Waals surface area contributed by atoms with Gasteiger partial charge in [-0.15, -0.1) is 0 Å². The lowest BCUT2D eigenvalue weighted by atomic mass is 10.6. The highest BCUT2D eigenvalue weighted by molar-refractivity contribution is 7.47. The number of esters is 1. The molecular weight excluding hydrogens is 211 g/mol. The molecule has 82 valence electrons. The summed E-state index contributed by atoms with van der Waals surface area (Å²) in [6.45, 7) is 6.01. The Morgan fingerprint density at radius 3 is 2.71 bits per heavy atom. The van der Waals surface area contributed by atoms with Crippen molar-refractivity contribution in [3.05, 3.63) is 12.7 Å². The molecule has 0 aromatic carbocycles. The second-order valence-corrected chi connectivity index (χ2v) is 3.61. The van der Waals surface area contributed by atoms with Crippen molar-refractivity contribution in [3.8, 4) is 0 Å². The summed E-state index contributed by atoms with van der Waals surface area (Å²) in [6, 6.07) is 0. The maximum atomic E-state index is 11.0. The molecule has 0 heterocycles. The zero-order chi connectivity index (χ0) is 11.2. The molecule has 0 spiro atoms. The maximum absolute atomic E-state index is 11.0. The van der Waals surface area contributed by atoms with Crippen molar-refractivity contribution in [1.29, 1.82) is 0 Å². The van der Waals surface area contributed by atoms with Gasteiger partial charge in [-0.05, 0) is 13.8 Å². The number of carbonyl (C=O) groups is 1. The van der Waals surface area contributed by atoms with Gasteiger partial charge in [-0.2, -0.15) is 0 Å². The molecule has 0 aliphatic carbocycles. The van der Waals surface area contributed by atoms with Gasteiger partial charge in [0.1, 0.15) is 0 Å². The molecule has 0 aliphatic rings. The number of hydrogen-bond donors (Lipinski definition) is 1. The second kappa shape index (κ2) is 5.93. The van der Waals surface area contributed by atoms with Crippen LogP contribution in [0.2, 0.25) is 0 Å². The Kier molecular flexibility index (Phi) is 5.64. The third-order valence-corrected chi connectivity index (χ3v) is 2.17. The Balaban J connectivity index is 4.04. The van der Waals surface area contributed by atoms with Crippen LogP contribution in [-0.4, -0.2) is 23.8 Å². The van der Waals surface area contributed by atoms with Gasteiger partial charge in [-0.3, -0.25) is 4.52 Å². The summed E-state index contributed by atoms with van der Waals surface area (Å²) in [5, 5.41) is 0. The maximum Gasteiger partial charge on any atom is 0.475 e. The molecule has 0 aliphatic heterocycles. The van der Waals surface area contributed by atoms with Crippen molar-refractivity contribution < 1.29 is 28.0 Å². The second-order valence-electron chi connectivity index (χ2n) is 2.20. The smallest absolute Gasteiger partial charge is 0.432 e. The molecule has 0 fully saturated rings. The number of rotatable bonds is 6. The first-order valence-corrected chi connectivity index (χ1v) is 5.39. The summed E-state index contributed by atoms with van der Waals surface area (Å²) < 4.78 is 24.3. The van der Waals surface area contributed by atoms with E-state index in [4.69, 9.17) is 4.89 Å². The highest BCUT2D eigenvalue weighted by Crippen LogP contribution is 2.44. The topological polar surface area (TPSA) is 82.1 Å². The first-order chi connectivity index (χ1) is 6.41. The van der Waals surface area contributed by atoms with Gasteiger partial charge in [-0.25, -0.2) is 13.9 Å². The number of phosphoric ester groups is 1.